The molecule has 0 aliphatic carbocycles. The van der Waals surface area contributed by atoms with E-state index in [9.17, 15) is 4.79 Å². The van der Waals surface area contributed by atoms with Crippen LogP contribution in [0, 0.1) is 5.92 Å². The summed E-state index contributed by atoms with van der Waals surface area (Å²) in [6.07, 6.45) is 1.95. The SMILES string of the molecule is COC(=O)/C(=C/C(C)C)CO[Si](C(C)C)(C(C)C)C(C)C. The summed E-state index contributed by atoms with van der Waals surface area (Å²) in [4.78, 5) is 11.9. The lowest BCUT2D eigenvalue weighted by atomic mass is 10.1. The molecule has 0 aromatic carbocycles. The van der Waals surface area contributed by atoms with Gasteiger partial charge in [-0.2, -0.15) is 0 Å². The first-order valence-corrected chi connectivity index (χ1v) is 10.2. The lowest BCUT2D eigenvalue weighted by molar-refractivity contribution is -0.136. The zero-order valence-electron chi connectivity index (χ0n) is 15.3. The number of allylic oxidation sites excluding steroid dienone is 1. The number of hydrogen-bond donors (Lipinski definition) is 0. The standard InChI is InChI=1S/C17H34O3Si/c1-12(2)10-16(17(18)19-9)11-20-21(13(3)4,14(5)6)15(7)8/h10,12-15H,11H2,1-9H3/b16-10+. The maximum atomic E-state index is 11.9. The van der Waals surface area contributed by atoms with Crippen molar-refractivity contribution in [3.05, 3.63) is 11.6 Å². The molecule has 0 unspecified atom stereocenters. The third kappa shape index (κ3) is 5.26. The first-order chi connectivity index (χ1) is 9.59. The number of carbonyl (C=O) groups excluding carboxylic acids is 1. The molecule has 0 aromatic heterocycles. The molecule has 124 valence electrons. The highest BCUT2D eigenvalue weighted by Gasteiger charge is 2.45. The van der Waals surface area contributed by atoms with Gasteiger partial charge in [0.1, 0.15) is 0 Å². The summed E-state index contributed by atoms with van der Waals surface area (Å²) in [6.45, 7) is 18.0. The molecule has 0 N–H and O–H groups in total. The van der Waals surface area contributed by atoms with E-state index >= 15 is 0 Å². The maximum absolute atomic E-state index is 11.9. The van der Waals surface area contributed by atoms with Crippen LogP contribution in [0.1, 0.15) is 55.4 Å². The number of rotatable bonds is 8. The van der Waals surface area contributed by atoms with Crippen LogP contribution in [0.4, 0.5) is 0 Å². The lowest BCUT2D eigenvalue weighted by Crippen LogP contribution is -2.48. The Labute approximate surface area is 132 Å². The third-order valence-corrected chi connectivity index (χ3v) is 10.2. The minimum Gasteiger partial charge on any atom is -0.466 e. The van der Waals surface area contributed by atoms with Gasteiger partial charge in [0.25, 0.3) is 0 Å². The molecular formula is C17H34O3Si. The van der Waals surface area contributed by atoms with E-state index in [0.29, 0.717) is 34.7 Å². The molecule has 3 nitrogen and oxygen atoms in total. The van der Waals surface area contributed by atoms with E-state index in [0.717, 1.165) is 0 Å². The Morgan fingerprint density at radius 2 is 1.38 bits per heavy atom. The van der Waals surface area contributed by atoms with Crippen molar-refractivity contribution >= 4 is 14.3 Å². The highest BCUT2D eigenvalue weighted by atomic mass is 28.4. The first kappa shape index (κ1) is 20.4. The van der Waals surface area contributed by atoms with Crippen molar-refractivity contribution in [2.45, 2.75) is 72.0 Å². The van der Waals surface area contributed by atoms with E-state index in [1.165, 1.54) is 7.11 Å². The summed E-state index contributed by atoms with van der Waals surface area (Å²) in [7, 11) is -0.524. The van der Waals surface area contributed by atoms with Gasteiger partial charge in [-0.05, 0) is 22.5 Å². The molecule has 21 heavy (non-hydrogen) atoms. The van der Waals surface area contributed by atoms with Gasteiger partial charge in [0.2, 0.25) is 8.32 Å². The number of hydrogen-bond acceptors (Lipinski definition) is 3. The predicted molar refractivity (Wildman–Crippen MR) is 91.9 cm³/mol. The largest absolute Gasteiger partial charge is 0.466 e. The molecule has 0 aromatic rings. The summed E-state index contributed by atoms with van der Waals surface area (Å²) < 4.78 is 11.4. The summed E-state index contributed by atoms with van der Waals surface area (Å²) in [6, 6.07) is 0. The number of carbonyl (C=O) groups is 1. The van der Waals surface area contributed by atoms with Crippen LogP contribution in [0.25, 0.3) is 0 Å². The molecule has 0 aliphatic heterocycles. The molecule has 0 rings (SSSR count). The van der Waals surface area contributed by atoms with Crippen molar-refractivity contribution in [2.24, 2.45) is 5.92 Å². The number of ether oxygens (including phenoxy) is 1. The number of esters is 1. The van der Waals surface area contributed by atoms with Crippen LogP contribution in [0.2, 0.25) is 16.6 Å². The predicted octanol–water partition coefficient (Wildman–Crippen LogP) is 4.93. The molecule has 0 radical (unpaired) electrons. The van der Waals surface area contributed by atoms with Gasteiger partial charge in [0.05, 0.1) is 19.3 Å². The normalized spacial score (nSPS) is 13.7. The van der Waals surface area contributed by atoms with Crippen molar-refractivity contribution < 1.29 is 14.0 Å². The average Bonchev–Trinajstić information content (AvgIpc) is 2.35. The Hall–Kier alpha value is -0.613. The van der Waals surface area contributed by atoms with Crippen molar-refractivity contribution in [3.8, 4) is 0 Å². The van der Waals surface area contributed by atoms with Gasteiger partial charge in [0.15, 0.2) is 0 Å². The Kier molecular flexibility index (Phi) is 8.48. The van der Waals surface area contributed by atoms with Crippen LogP contribution in [0.15, 0.2) is 11.6 Å². The summed E-state index contributed by atoms with van der Waals surface area (Å²) in [5.41, 5.74) is 2.17. The Morgan fingerprint density at radius 1 is 0.952 bits per heavy atom. The molecule has 0 saturated carbocycles. The van der Waals surface area contributed by atoms with E-state index < -0.39 is 8.32 Å². The molecule has 4 heteroatoms. The minimum atomic E-state index is -1.95. The summed E-state index contributed by atoms with van der Waals surface area (Å²) in [5, 5.41) is 0. The van der Waals surface area contributed by atoms with Crippen LogP contribution >= 0.6 is 0 Å². The molecule has 0 heterocycles. The van der Waals surface area contributed by atoms with Gasteiger partial charge in [0, 0.05) is 0 Å². The summed E-state index contributed by atoms with van der Waals surface area (Å²) >= 11 is 0. The highest BCUT2D eigenvalue weighted by Crippen LogP contribution is 2.42. The first-order valence-electron chi connectivity index (χ1n) is 8.02. The Morgan fingerprint density at radius 3 is 1.67 bits per heavy atom. The molecule has 0 aliphatic rings. The Bertz CT molecular complexity index is 335. The van der Waals surface area contributed by atoms with Gasteiger partial charge in [-0.15, -0.1) is 0 Å². The smallest absolute Gasteiger partial charge is 0.335 e. The average molecular weight is 315 g/mol. The second-order valence-electron chi connectivity index (χ2n) is 7.03. The van der Waals surface area contributed by atoms with Crippen molar-refractivity contribution in [3.63, 3.8) is 0 Å². The maximum Gasteiger partial charge on any atom is 0.335 e. The monoisotopic (exact) mass is 314 g/mol. The zero-order chi connectivity index (χ0) is 16.8. The molecule has 0 bridgehead atoms. The van der Waals surface area contributed by atoms with Gasteiger partial charge in [-0.1, -0.05) is 61.5 Å². The molecule has 0 saturated heterocycles. The second-order valence-corrected chi connectivity index (χ2v) is 12.5. The topological polar surface area (TPSA) is 35.5 Å². The summed E-state index contributed by atoms with van der Waals surface area (Å²) in [5.74, 6) is 0.0267. The van der Waals surface area contributed by atoms with Gasteiger partial charge in [-0.3, -0.25) is 0 Å². The van der Waals surface area contributed by atoms with Gasteiger partial charge in [-0.25, -0.2) is 4.79 Å². The van der Waals surface area contributed by atoms with Crippen molar-refractivity contribution in [2.75, 3.05) is 13.7 Å². The fourth-order valence-electron chi connectivity index (χ4n) is 3.41. The van der Waals surface area contributed by atoms with E-state index in [-0.39, 0.29) is 5.97 Å². The van der Waals surface area contributed by atoms with Crippen LogP contribution < -0.4 is 0 Å². The van der Waals surface area contributed by atoms with Crippen LogP contribution in [-0.2, 0) is 14.0 Å². The minimum absolute atomic E-state index is 0.275. The fourth-order valence-corrected chi connectivity index (χ4v) is 8.82. The zero-order valence-corrected chi connectivity index (χ0v) is 16.3. The van der Waals surface area contributed by atoms with E-state index in [1.807, 2.05) is 6.08 Å². The van der Waals surface area contributed by atoms with Gasteiger partial charge >= 0.3 is 5.97 Å². The third-order valence-electron chi connectivity index (χ3n) is 4.17. The van der Waals surface area contributed by atoms with E-state index in [4.69, 9.17) is 9.16 Å². The molecule has 0 fully saturated rings. The van der Waals surface area contributed by atoms with Crippen LogP contribution in [-0.4, -0.2) is 28.0 Å². The van der Waals surface area contributed by atoms with Crippen LogP contribution in [0.5, 0.6) is 0 Å². The lowest BCUT2D eigenvalue weighted by Gasteiger charge is -2.42. The second kappa shape index (κ2) is 8.74. The fraction of sp³-hybridized carbons (Fsp3) is 0.824. The van der Waals surface area contributed by atoms with Gasteiger partial charge < -0.3 is 9.16 Å². The molecule has 0 spiro atoms. The highest BCUT2D eigenvalue weighted by molar-refractivity contribution is 6.77. The molecule has 0 amide bonds. The van der Waals surface area contributed by atoms with E-state index in [2.05, 4.69) is 55.4 Å². The van der Waals surface area contributed by atoms with Crippen molar-refractivity contribution in [1.82, 2.24) is 0 Å². The number of methoxy groups -OCH3 is 1. The molecule has 0 atom stereocenters. The quantitative estimate of drug-likeness (QED) is 0.362. The Balaban J connectivity index is 5.32. The van der Waals surface area contributed by atoms with Crippen molar-refractivity contribution in [1.29, 1.82) is 0 Å². The van der Waals surface area contributed by atoms with E-state index in [1.54, 1.807) is 0 Å². The molecular weight excluding hydrogens is 280 g/mol. The van der Waals surface area contributed by atoms with Crippen LogP contribution in [0.3, 0.4) is 0 Å².